The molecule has 5 heteroatoms. The Balaban J connectivity index is 1.64. The second kappa shape index (κ2) is 6.87. The molecule has 0 radical (unpaired) electrons. The molecule has 0 unspecified atom stereocenters. The van der Waals surface area contributed by atoms with E-state index in [0.717, 1.165) is 32.2 Å². The third-order valence-electron chi connectivity index (χ3n) is 4.70. The number of rotatable bonds is 4. The first kappa shape index (κ1) is 16.2. The van der Waals surface area contributed by atoms with Crippen LogP contribution in [0.15, 0.2) is 41.8 Å². The van der Waals surface area contributed by atoms with Gasteiger partial charge in [0.15, 0.2) is 9.84 Å². The minimum atomic E-state index is -3.09. The second-order valence-electron chi connectivity index (χ2n) is 6.55. The van der Waals surface area contributed by atoms with Crippen LogP contribution >= 0.6 is 0 Å². The van der Waals surface area contributed by atoms with Crippen molar-refractivity contribution in [2.75, 3.05) is 12.3 Å². The number of likely N-dealkylation sites (tertiary alicyclic amines) is 1. The molecule has 2 aliphatic heterocycles. The van der Waals surface area contributed by atoms with Crippen molar-refractivity contribution in [1.29, 1.82) is 0 Å². The molecule has 2 atom stereocenters. The maximum atomic E-state index is 12.7. The van der Waals surface area contributed by atoms with E-state index < -0.39 is 9.84 Å². The number of carbonyl (C=O) groups excluding carboxylic acids is 1. The maximum Gasteiger partial charge on any atom is 0.223 e. The van der Waals surface area contributed by atoms with Crippen LogP contribution in [0, 0.1) is 5.92 Å². The molecule has 23 heavy (non-hydrogen) atoms. The molecule has 0 aromatic heterocycles. The van der Waals surface area contributed by atoms with Crippen LogP contribution < -0.4 is 0 Å². The van der Waals surface area contributed by atoms with E-state index in [2.05, 4.69) is 12.1 Å². The molecule has 1 amide bonds. The minimum absolute atomic E-state index is 0.0793. The predicted octanol–water partition coefficient (Wildman–Crippen LogP) is 2.56. The number of amides is 1. The normalized spacial score (nSPS) is 26.3. The number of allylic oxidation sites excluding steroid dienone is 1. The standard InChI is InChI=1S/C18H23NO3S/c20-18(13-16-9-11-23(21,22)14-16)19-10-5-4-8-17(19)12-15-6-2-1-3-7-15/h1-3,6-7,9,11,16-17H,4-5,8,10,12-14H2/t16-,17-/m0/s1. The lowest BCUT2D eigenvalue weighted by molar-refractivity contribution is -0.135. The van der Waals surface area contributed by atoms with Crippen LogP contribution in [-0.2, 0) is 21.1 Å². The fraction of sp³-hybridized carbons (Fsp3) is 0.500. The summed E-state index contributed by atoms with van der Waals surface area (Å²) in [6, 6.07) is 10.5. The van der Waals surface area contributed by atoms with Gasteiger partial charge in [0, 0.05) is 30.3 Å². The highest BCUT2D eigenvalue weighted by molar-refractivity contribution is 7.94. The molecule has 0 aliphatic carbocycles. The Bertz CT molecular complexity index is 681. The molecule has 4 nitrogen and oxygen atoms in total. The Morgan fingerprint density at radius 2 is 1.96 bits per heavy atom. The van der Waals surface area contributed by atoms with E-state index in [9.17, 15) is 13.2 Å². The van der Waals surface area contributed by atoms with Crippen LogP contribution in [0.1, 0.15) is 31.2 Å². The van der Waals surface area contributed by atoms with Gasteiger partial charge in [0.25, 0.3) is 0 Å². The van der Waals surface area contributed by atoms with Gasteiger partial charge in [-0.15, -0.1) is 0 Å². The van der Waals surface area contributed by atoms with Gasteiger partial charge < -0.3 is 4.90 Å². The average molecular weight is 333 g/mol. The third kappa shape index (κ3) is 4.22. The van der Waals surface area contributed by atoms with Crippen molar-refractivity contribution in [2.24, 2.45) is 5.92 Å². The van der Waals surface area contributed by atoms with Crippen LogP contribution in [-0.4, -0.2) is 37.6 Å². The summed E-state index contributed by atoms with van der Waals surface area (Å²) >= 11 is 0. The first-order chi connectivity index (χ1) is 11.0. The lowest BCUT2D eigenvalue weighted by Crippen LogP contribution is -2.45. The Morgan fingerprint density at radius 3 is 2.65 bits per heavy atom. The molecule has 1 fully saturated rings. The zero-order valence-corrected chi connectivity index (χ0v) is 14.0. The molecule has 3 rings (SSSR count). The fourth-order valence-electron chi connectivity index (χ4n) is 3.54. The number of piperidine rings is 1. The summed E-state index contributed by atoms with van der Waals surface area (Å²) in [7, 11) is -3.09. The highest BCUT2D eigenvalue weighted by atomic mass is 32.2. The molecule has 0 bridgehead atoms. The molecule has 2 aliphatic rings. The highest BCUT2D eigenvalue weighted by Crippen LogP contribution is 2.25. The van der Waals surface area contributed by atoms with Crippen molar-refractivity contribution in [3.63, 3.8) is 0 Å². The zero-order valence-electron chi connectivity index (χ0n) is 13.2. The third-order valence-corrected chi connectivity index (χ3v) is 6.17. The zero-order chi connectivity index (χ0) is 16.3. The summed E-state index contributed by atoms with van der Waals surface area (Å²) in [4.78, 5) is 14.6. The number of sulfone groups is 1. The molecular weight excluding hydrogens is 310 g/mol. The average Bonchev–Trinajstić information content (AvgIpc) is 2.87. The smallest absolute Gasteiger partial charge is 0.223 e. The van der Waals surface area contributed by atoms with E-state index in [1.54, 1.807) is 6.08 Å². The Morgan fingerprint density at radius 1 is 1.17 bits per heavy atom. The molecule has 124 valence electrons. The second-order valence-corrected chi connectivity index (χ2v) is 8.48. The van der Waals surface area contributed by atoms with Crippen LogP contribution in [0.4, 0.5) is 0 Å². The summed E-state index contributed by atoms with van der Waals surface area (Å²) in [5.74, 6) is 0.0137. The SMILES string of the molecule is O=C(C[C@@H]1C=CS(=O)(=O)C1)N1CCCC[C@H]1Cc1ccccc1. The molecule has 1 aromatic carbocycles. The Hall–Kier alpha value is -1.62. The number of benzene rings is 1. The molecule has 1 saturated heterocycles. The summed E-state index contributed by atoms with van der Waals surface area (Å²) in [5, 5.41) is 1.25. The van der Waals surface area contributed by atoms with Crippen molar-refractivity contribution in [2.45, 2.75) is 38.1 Å². The van der Waals surface area contributed by atoms with E-state index >= 15 is 0 Å². The van der Waals surface area contributed by atoms with E-state index in [-0.39, 0.29) is 23.6 Å². The number of nitrogens with zero attached hydrogens (tertiary/aromatic N) is 1. The largest absolute Gasteiger partial charge is 0.339 e. The quantitative estimate of drug-likeness (QED) is 0.851. The lowest BCUT2D eigenvalue weighted by Gasteiger charge is -2.36. The topological polar surface area (TPSA) is 54.5 Å². The first-order valence-corrected chi connectivity index (χ1v) is 9.99. The van der Waals surface area contributed by atoms with E-state index in [4.69, 9.17) is 0 Å². The van der Waals surface area contributed by atoms with E-state index in [1.165, 1.54) is 11.0 Å². The van der Waals surface area contributed by atoms with Crippen molar-refractivity contribution in [3.8, 4) is 0 Å². The van der Waals surface area contributed by atoms with Crippen LogP contribution in [0.25, 0.3) is 0 Å². The van der Waals surface area contributed by atoms with Crippen LogP contribution in [0.5, 0.6) is 0 Å². The van der Waals surface area contributed by atoms with Gasteiger partial charge in [-0.05, 0) is 31.2 Å². The maximum absolute atomic E-state index is 12.7. The Kier molecular flexibility index (Phi) is 4.85. The monoisotopic (exact) mass is 333 g/mol. The van der Waals surface area contributed by atoms with Gasteiger partial charge in [0.05, 0.1) is 5.75 Å². The minimum Gasteiger partial charge on any atom is -0.339 e. The molecule has 0 spiro atoms. The molecule has 2 heterocycles. The summed E-state index contributed by atoms with van der Waals surface area (Å²) in [5.41, 5.74) is 1.25. The van der Waals surface area contributed by atoms with Crippen molar-refractivity contribution < 1.29 is 13.2 Å². The van der Waals surface area contributed by atoms with Gasteiger partial charge in [0.2, 0.25) is 5.91 Å². The van der Waals surface area contributed by atoms with Gasteiger partial charge in [-0.25, -0.2) is 8.42 Å². The number of carbonyl (C=O) groups is 1. The summed E-state index contributed by atoms with van der Waals surface area (Å²) < 4.78 is 23.0. The number of hydrogen-bond donors (Lipinski definition) is 0. The van der Waals surface area contributed by atoms with E-state index in [1.807, 2.05) is 23.1 Å². The van der Waals surface area contributed by atoms with Crippen molar-refractivity contribution in [1.82, 2.24) is 4.90 Å². The van der Waals surface area contributed by atoms with Gasteiger partial charge in [-0.3, -0.25) is 4.79 Å². The highest BCUT2D eigenvalue weighted by Gasteiger charge is 2.30. The van der Waals surface area contributed by atoms with Gasteiger partial charge in [0.1, 0.15) is 0 Å². The van der Waals surface area contributed by atoms with Crippen LogP contribution in [0.2, 0.25) is 0 Å². The molecule has 1 aromatic rings. The van der Waals surface area contributed by atoms with Crippen LogP contribution in [0.3, 0.4) is 0 Å². The molecule has 0 N–H and O–H groups in total. The Labute approximate surface area is 138 Å². The number of hydrogen-bond acceptors (Lipinski definition) is 3. The van der Waals surface area contributed by atoms with Gasteiger partial charge in [-0.2, -0.15) is 0 Å². The first-order valence-electron chi connectivity index (χ1n) is 8.28. The molecule has 0 saturated carbocycles. The lowest BCUT2D eigenvalue weighted by atomic mass is 9.94. The van der Waals surface area contributed by atoms with Gasteiger partial charge in [-0.1, -0.05) is 36.4 Å². The van der Waals surface area contributed by atoms with Crippen molar-refractivity contribution in [3.05, 3.63) is 47.4 Å². The predicted molar refractivity (Wildman–Crippen MR) is 90.5 cm³/mol. The molecular formula is C18H23NO3S. The van der Waals surface area contributed by atoms with E-state index in [0.29, 0.717) is 6.42 Å². The summed E-state index contributed by atoms with van der Waals surface area (Å²) in [6.45, 7) is 0.791. The fourth-order valence-corrected chi connectivity index (χ4v) is 4.93. The summed E-state index contributed by atoms with van der Waals surface area (Å²) in [6.07, 6.45) is 6.07. The van der Waals surface area contributed by atoms with Crippen molar-refractivity contribution >= 4 is 15.7 Å². The van der Waals surface area contributed by atoms with Gasteiger partial charge >= 0.3 is 0 Å².